The summed E-state index contributed by atoms with van der Waals surface area (Å²) in [5.74, 6) is 1.30. The average molecular weight is 281 g/mol. The lowest BCUT2D eigenvalue weighted by molar-refractivity contribution is 0.457. The van der Waals surface area contributed by atoms with Crippen molar-refractivity contribution in [3.05, 3.63) is 54.0 Å². The maximum atomic E-state index is 5.81. The van der Waals surface area contributed by atoms with E-state index in [1.54, 1.807) is 12.4 Å². The van der Waals surface area contributed by atoms with E-state index in [0.29, 0.717) is 11.9 Å². The van der Waals surface area contributed by atoms with Crippen LogP contribution in [0, 0.1) is 0 Å². The van der Waals surface area contributed by atoms with E-state index in [4.69, 9.17) is 4.74 Å². The van der Waals surface area contributed by atoms with Gasteiger partial charge in [0.15, 0.2) is 0 Å². The van der Waals surface area contributed by atoms with Gasteiger partial charge in [0, 0.05) is 18.2 Å². The van der Waals surface area contributed by atoms with Crippen LogP contribution in [-0.2, 0) is 6.54 Å². The van der Waals surface area contributed by atoms with Gasteiger partial charge in [-0.2, -0.15) is 0 Å². The molecule has 108 valence electrons. The first kappa shape index (κ1) is 13.8. The van der Waals surface area contributed by atoms with Gasteiger partial charge in [-0.15, -0.1) is 0 Å². The van der Waals surface area contributed by atoms with Crippen LogP contribution in [0.4, 0.5) is 0 Å². The second-order valence-corrected chi connectivity index (χ2v) is 5.14. The van der Waals surface area contributed by atoms with Crippen LogP contribution in [0.2, 0.25) is 0 Å². The van der Waals surface area contributed by atoms with Crippen LogP contribution < -0.4 is 10.1 Å². The highest BCUT2D eigenvalue weighted by atomic mass is 16.5. The maximum Gasteiger partial charge on any atom is 0.237 e. The molecule has 0 atom stereocenters. The van der Waals surface area contributed by atoms with Crippen molar-refractivity contribution in [3.8, 4) is 11.6 Å². The number of rotatable bonds is 6. The number of ether oxygens (including phenoxy) is 1. The molecule has 0 saturated heterocycles. The number of para-hydroxylation sites is 1. The summed E-state index contributed by atoms with van der Waals surface area (Å²) >= 11 is 0. The molecule has 1 heterocycles. The molecule has 1 aromatic carbocycles. The van der Waals surface area contributed by atoms with Gasteiger partial charge in [-0.1, -0.05) is 30.4 Å². The van der Waals surface area contributed by atoms with Crippen LogP contribution in [-0.4, -0.2) is 16.0 Å². The predicted octanol–water partition coefficient (Wildman–Crippen LogP) is 3.55. The van der Waals surface area contributed by atoms with Crippen molar-refractivity contribution >= 4 is 6.08 Å². The molecular formula is C17H19N3O. The minimum absolute atomic E-state index is 0.516. The van der Waals surface area contributed by atoms with E-state index < -0.39 is 0 Å². The summed E-state index contributed by atoms with van der Waals surface area (Å²) < 4.78 is 5.81. The van der Waals surface area contributed by atoms with Crippen molar-refractivity contribution in [1.29, 1.82) is 0 Å². The molecule has 0 spiro atoms. The van der Waals surface area contributed by atoms with Crippen molar-refractivity contribution in [2.45, 2.75) is 32.4 Å². The second kappa shape index (κ2) is 6.50. The number of nitrogens with one attached hydrogen (secondary N) is 1. The molecule has 4 heteroatoms. The van der Waals surface area contributed by atoms with E-state index >= 15 is 0 Å². The molecule has 1 fully saturated rings. The monoisotopic (exact) mass is 281 g/mol. The zero-order valence-electron chi connectivity index (χ0n) is 12.1. The number of allylic oxidation sites excluding steroid dienone is 1. The van der Waals surface area contributed by atoms with Crippen molar-refractivity contribution < 1.29 is 4.74 Å². The summed E-state index contributed by atoms with van der Waals surface area (Å²) in [6, 6.07) is 8.55. The Balaban J connectivity index is 1.66. The van der Waals surface area contributed by atoms with Gasteiger partial charge in [0.25, 0.3) is 0 Å². The zero-order chi connectivity index (χ0) is 14.5. The lowest BCUT2D eigenvalue weighted by Gasteiger charge is -2.08. The van der Waals surface area contributed by atoms with E-state index in [1.165, 1.54) is 12.8 Å². The van der Waals surface area contributed by atoms with Gasteiger partial charge in [0.1, 0.15) is 5.75 Å². The first-order valence-corrected chi connectivity index (χ1v) is 7.29. The second-order valence-electron chi connectivity index (χ2n) is 5.14. The Hall–Kier alpha value is -2.20. The van der Waals surface area contributed by atoms with Gasteiger partial charge in [-0.05, 0) is 25.8 Å². The number of nitrogens with zero attached hydrogens (tertiary/aromatic N) is 2. The summed E-state index contributed by atoms with van der Waals surface area (Å²) in [5, 5.41) is 3.42. The molecule has 1 aromatic heterocycles. The third kappa shape index (κ3) is 3.89. The van der Waals surface area contributed by atoms with Crippen LogP contribution in [0.25, 0.3) is 6.08 Å². The smallest absolute Gasteiger partial charge is 0.237 e. The molecule has 1 saturated carbocycles. The highest BCUT2D eigenvalue weighted by Gasteiger charge is 2.20. The van der Waals surface area contributed by atoms with Gasteiger partial charge in [0.2, 0.25) is 5.88 Å². The van der Waals surface area contributed by atoms with Crippen LogP contribution >= 0.6 is 0 Å². The van der Waals surface area contributed by atoms with Crippen LogP contribution in [0.15, 0.2) is 42.7 Å². The molecule has 0 amide bonds. The van der Waals surface area contributed by atoms with Gasteiger partial charge < -0.3 is 10.1 Å². The molecule has 0 bridgehead atoms. The van der Waals surface area contributed by atoms with E-state index in [2.05, 4.69) is 15.3 Å². The van der Waals surface area contributed by atoms with Gasteiger partial charge in [0.05, 0.1) is 18.1 Å². The molecule has 3 rings (SSSR count). The van der Waals surface area contributed by atoms with Crippen LogP contribution in [0.3, 0.4) is 0 Å². The summed E-state index contributed by atoms with van der Waals surface area (Å²) in [5.41, 5.74) is 1.97. The van der Waals surface area contributed by atoms with Crippen molar-refractivity contribution in [2.75, 3.05) is 0 Å². The molecular weight excluding hydrogens is 262 g/mol. The lowest BCUT2D eigenvalue weighted by atomic mass is 10.2. The number of aromatic nitrogens is 2. The minimum Gasteiger partial charge on any atom is -0.437 e. The van der Waals surface area contributed by atoms with Gasteiger partial charge in [-0.25, -0.2) is 4.98 Å². The fourth-order valence-corrected chi connectivity index (χ4v) is 2.03. The first-order valence-electron chi connectivity index (χ1n) is 7.29. The average Bonchev–Trinajstić information content (AvgIpc) is 3.33. The number of hydrogen-bond acceptors (Lipinski definition) is 4. The maximum absolute atomic E-state index is 5.81. The Morgan fingerprint density at radius 1 is 1.24 bits per heavy atom. The predicted molar refractivity (Wildman–Crippen MR) is 83.1 cm³/mol. The van der Waals surface area contributed by atoms with Gasteiger partial charge in [-0.3, -0.25) is 4.98 Å². The minimum atomic E-state index is 0.516. The van der Waals surface area contributed by atoms with E-state index in [0.717, 1.165) is 23.6 Å². The third-order valence-corrected chi connectivity index (χ3v) is 3.31. The molecule has 21 heavy (non-hydrogen) atoms. The van der Waals surface area contributed by atoms with E-state index in [1.807, 2.05) is 43.3 Å². The fourth-order valence-electron chi connectivity index (χ4n) is 2.03. The van der Waals surface area contributed by atoms with Crippen LogP contribution in [0.1, 0.15) is 31.0 Å². The Bertz CT molecular complexity index is 618. The number of hydrogen-bond donors (Lipinski definition) is 1. The molecule has 1 aliphatic rings. The van der Waals surface area contributed by atoms with Crippen LogP contribution in [0.5, 0.6) is 11.6 Å². The summed E-state index contributed by atoms with van der Waals surface area (Å²) in [4.78, 5) is 8.71. The normalized spacial score (nSPS) is 14.5. The Morgan fingerprint density at radius 2 is 2.10 bits per heavy atom. The standard InChI is InChI=1S/C17H19N3O/c1-2-5-13-6-3-4-7-16(13)21-17-12-19-15(11-20-17)10-18-14-8-9-14/h2-7,11-12,14,18H,8-10H2,1H3/b5-2+. The molecule has 4 nitrogen and oxygen atoms in total. The third-order valence-electron chi connectivity index (χ3n) is 3.31. The summed E-state index contributed by atoms with van der Waals surface area (Å²) in [6.45, 7) is 2.76. The first-order chi connectivity index (χ1) is 10.3. The topological polar surface area (TPSA) is 47.0 Å². The van der Waals surface area contributed by atoms with Gasteiger partial charge >= 0.3 is 0 Å². The Labute approximate surface area is 124 Å². The quantitative estimate of drug-likeness (QED) is 0.879. The Morgan fingerprint density at radius 3 is 2.81 bits per heavy atom. The highest BCUT2D eigenvalue weighted by molar-refractivity contribution is 5.57. The van der Waals surface area contributed by atoms with Crippen molar-refractivity contribution in [1.82, 2.24) is 15.3 Å². The molecule has 0 radical (unpaired) electrons. The zero-order valence-corrected chi connectivity index (χ0v) is 12.1. The van der Waals surface area contributed by atoms with E-state index in [-0.39, 0.29) is 0 Å². The summed E-state index contributed by atoms with van der Waals surface area (Å²) in [6.07, 6.45) is 9.99. The summed E-state index contributed by atoms with van der Waals surface area (Å²) in [7, 11) is 0. The van der Waals surface area contributed by atoms with Crippen molar-refractivity contribution in [3.63, 3.8) is 0 Å². The van der Waals surface area contributed by atoms with Crippen molar-refractivity contribution in [2.24, 2.45) is 0 Å². The molecule has 0 aliphatic heterocycles. The highest BCUT2D eigenvalue weighted by Crippen LogP contribution is 2.24. The molecule has 2 aromatic rings. The van der Waals surface area contributed by atoms with E-state index in [9.17, 15) is 0 Å². The largest absolute Gasteiger partial charge is 0.437 e. The molecule has 0 unspecified atom stereocenters. The molecule has 1 aliphatic carbocycles. The molecule has 1 N–H and O–H groups in total. The number of benzene rings is 1. The lowest BCUT2D eigenvalue weighted by Crippen LogP contribution is -2.16. The Kier molecular flexibility index (Phi) is 4.26. The SMILES string of the molecule is C/C=C/c1ccccc1Oc1cnc(CNC2CC2)cn1. The fraction of sp³-hybridized carbons (Fsp3) is 0.294.